The van der Waals surface area contributed by atoms with Crippen LogP contribution >= 0.6 is 0 Å². The second kappa shape index (κ2) is 7.32. The summed E-state index contributed by atoms with van der Waals surface area (Å²) in [6.07, 6.45) is 3.78. The van der Waals surface area contributed by atoms with Gasteiger partial charge in [-0.05, 0) is 18.4 Å². The minimum atomic E-state index is -3.19. The van der Waals surface area contributed by atoms with Gasteiger partial charge in [-0.25, -0.2) is 22.4 Å². The Morgan fingerprint density at radius 3 is 2.56 bits per heavy atom. The fourth-order valence-corrected chi connectivity index (χ4v) is 3.73. The van der Waals surface area contributed by atoms with Crippen LogP contribution in [0.2, 0.25) is 0 Å². The summed E-state index contributed by atoms with van der Waals surface area (Å²) >= 11 is 0. The molecule has 1 aliphatic rings. The number of piperidine rings is 1. The number of hydrogen-bond acceptors (Lipinski definition) is 5. The van der Waals surface area contributed by atoms with Gasteiger partial charge in [0.25, 0.3) is 0 Å². The van der Waals surface area contributed by atoms with Gasteiger partial charge in [0, 0.05) is 19.0 Å². The SMILES string of the molecule is CS(=O)(=O)N1CCC(C(=O)Nc2ncn(Cc3ccccc3)n2)CC1. The molecule has 1 amide bonds. The maximum absolute atomic E-state index is 12.3. The Hall–Kier alpha value is -2.26. The van der Waals surface area contributed by atoms with Crippen molar-refractivity contribution in [1.29, 1.82) is 0 Å². The molecule has 1 fully saturated rings. The predicted octanol–water partition coefficient (Wildman–Crippen LogP) is 0.936. The summed E-state index contributed by atoms with van der Waals surface area (Å²) in [5.41, 5.74) is 1.10. The average Bonchev–Trinajstić information content (AvgIpc) is 3.02. The van der Waals surface area contributed by atoms with Gasteiger partial charge in [0.15, 0.2) is 0 Å². The van der Waals surface area contributed by atoms with Gasteiger partial charge < -0.3 is 0 Å². The van der Waals surface area contributed by atoms with Crippen LogP contribution in [0, 0.1) is 5.92 Å². The van der Waals surface area contributed by atoms with E-state index in [0.717, 1.165) is 5.56 Å². The first-order valence-electron chi connectivity index (χ1n) is 8.11. The molecule has 1 N–H and O–H groups in total. The van der Waals surface area contributed by atoms with Gasteiger partial charge in [0.2, 0.25) is 21.9 Å². The first-order chi connectivity index (χ1) is 11.9. The van der Waals surface area contributed by atoms with Crippen LogP contribution in [0.15, 0.2) is 36.7 Å². The Balaban J connectivity index is 1.54. The lowest BCUT2D eigenvalue weighted by Gasteiger charge is -2.29. The van der Waals surface area contributed by atoms with Crippen molar-refractivity contribution in [3.63, 3.8) is 0 Å². The van der Waals surface area contributed by atoms with Gasteiger partial charge in [-0.15, -0.1) is 5.10 Å². The van der Waals surface area contributed by atoms with Crippen LogP contribution in [0.3, 0.4) is 0 Å². The molecule has 1 saturated heterocycles. The molecule has 9 heteroatoms. The van der Waals surface area contributed by atoms with Crippen molar-refractivity contribution < 1.29 is 13.2 Å². The Kier molecular flexibility index (Phi) is 5.14. The van der Waals surface area contributed by atoms with Gasteiger partial charge in [0.05, 0.1) is 12.8 Å². The second-order valence-electron chi connectivity index (χ2n) is 6.18. The van der Waals surface area contributed by atoms with E-state index in [1.165, 1.54) is 10.6 Å². The highest BCUT2D eigenvalue weighted by atomic mass is 32.2. The lowest BCUT2D eigenvalue weighted by atomic mass is 9.97. The van der Waals surface area contributed by atoms with E-state index in [1.54, 1.807) is 11.0 Å². The molecule has 25 heavy (non-hydrogen) atoms. The van der Waals surface area contributed by atoms with Crippen LogP contribution in [0.1, 0.15) is 18.4 Å². The zero-order valence-corrected chi connectivity index (χ0v) is 14.8. The van der Waals surface area contributed by atoms with E-state index in [4.69, 9.17) is 0 Å². The number of nitrogens with zero attached hydrogens (tertiary/aromatic N) is 4. The van der Waals surface area contributed by atoms with E-state index in [2.05, 4.69) is 15.4 Å². The molecule has 2 heterocycles. The summed E-state index contributed by atoms with van der Waals surface area (Å²) in [4.78, 5) is 16.4. The Labute approximate surface area is 146 Å². The molecule has 134 valence electrons. The predicted molar refractivity (Wildman–Crippen MR) is 93.3 cm³/mol. The smallest absolute Gasteiger partial charge is 0.248 e. The molecule has 0 spiro atoms. The number of rotatable bonds is 5. The van der Waals surface area contributed by atoms with Crippen LogP contribution in [0.5, 0.6) is 0 Å². The summed E-state index contributed by atoms with van der Waals surface area (Å²) in [6.45, 7) is 1.32. The molecular weight excluding hydrogens is 342 g/mol. The van der Waals surface area contributed by atoms with Crippen molar-refractivity contribution in [3.05, 3.63) is 42.2 Å². The molecule has 8 nitrogen and oxygen atoms in total. The first-order valence-corrected chi connectivity index (χ1v) is 9.96. The second-order valence-corrected chi connectivity index (χ2v) is 8.16. The third-order valence-electron chi connectivity index (χ3n) is 4.25. The Morgan fingerprint density at radius 1 is 1.24 bits per heavy atom. The monoisotopic (exact) mass is 363 g/mol. The average molecular weight is 363 g/mol. The van der Waals surface area contributed by atoms with E-state index in [-0.39, 0.29) is 17.8 Å². The van der Waals surface area contributed by atoms with Gasteiger partial charge in [-0.3, -0.25) is 10.1 Å². The number of carbonyl (C=O) groups excluding carboxylic acids is 1. The highest BCUT2D eigenvalue weighted by Gasteiger charge is 2.29. The van der Waals surface area contributed by atoms with E-state index >= 15 is 0 Å². The molecule has 0 unspecified atom stereocenters. The Morgan fingerprint density at radius 2 is 1.92 bits per heavy atom. The summed E-state index contributed by atoms with van der Waals surface area (Å²) in [5, 5.41) is 6.98. The lowest BCUT2D eigenvalue weighted by Crippen LogP contribution is -2.41. The van der Waals surface area contributed by atoms with Crippen molar-refractivity contribution >= 4 is 21.9 Å². The quantitative estimate of drug-likeness (QED) is 0.852. The van der Waals surface area contributed by atoms with Gasteiger partial charge in [-0.1, -0.05) is 30.3 Å². The number of aromatic nitrogens is 3. The number of anilines is 1. The van der Waals surface area contributed by atoms with Crippen molar-refractivity contribution in [1.82, 2.24) is 19.1 Å². The molecular formula is C16H21N5O3S. The van der Waals surface area contributed by atoms with E-state index < -0.39 is 10.0 Å². The summed E-state index contributed by atoms with van der Waals surface area (Å²) in [5.74, 6) is -0.115. The van der Waals surface area contributed by atoms with Crippen molar-refractivity contribution in [2.24, 2.45) is 5.92 Å². The minimum absolute atomic E-state index is 0.161. The number of hydrogen-bond donors (Lipinski definition) is 1. The molecule has 1 aliphatic heterocycles. The molecule has 3 rings (SSSR count). The van der Waals surface area contributed by atoms with Crippen LogP contribution < -0.4 is 5.32 Å². The topological polar surface area (TPSA) is 97.2 Å². The number of amides is 1. The lowest BCUT2D eigenvalue weighted by molar-refractivity contribution is -0.121. The van der Waals surface area contributed by atoms with Crippen molar-refractivity contribution in [2.45, 2.75) is 19.4 Å². The Bertz CT molecular complexity index is 826. The van der Waals surface area contributed by atoms with Crippen molar-refractivity contribution in [2.75, 3.05) is 24.7 Å². The molecule has 0 bridgehead atoms. The summed E-state index contributed by atoms with van der Waals surface area (Å²) in [6, 6.07) is 9.85. The number of benzene rings is 1. The number of sulfonamides is 1. The van der Waals surface area contributed by atoms with E-state index in [0.29, 0.717) is 32.5 Å². The molecule has 0 saturated carbocycles. The summed E-state index contributed by atoms with van der Waals surface area (Å²) in [7, 11) is -3.19. The number of nitrogens with one attached hydrogen (secondary N) is 1. The minimum Gasteiger partial charge on any atom is -0.293 e. The zero-order chi connectivity index (χ0) is 17.9. The number of carbonyl (C=O) groups is 1. The maximum atomic E-state index is 12.3. The molecule has 0 aliphatic carbocycles. The standard InChI is InChI=1S/C16H21N5O3S/c1-25(23,24)21-9-7-14(8-10-21)15(22)18-16-17-12-20(19-16)11-13-5-3-2-4-6-13/h2-6,12,14H,7-11H2,1H3,(H,18,19,22). The van der Waals surface area contributed by atoms with E-state index in [9.17, 15) is 13.2 Å². The van der Waals surface area contributed by atoms with Gasteiger partial charge in [-0.2, -0.15) is 0 Å². The van der Waals surface area contributed by atoms with Crippen LogP contribution in [-0.2, 0) is 21.4 Å². The van der Waals surface area contributed by atoms with Gasteiger partial charge >= 0.3 is 0 Å². The van der Waals surface area contributed by atoms with Crippen LogP contribution in [0.25, 0.3) is 0 Å². The summed E-state index contributed by atoms with van der Waals surface area (Å²) < 4.78 is 26.1. The molecule has 1 aromatic carbocycles. The third-order valence-corrected chi connectivity index (χ3v) is 5.56. The largest absolute Gasteiger partial charge is 0.293 e. The normalized spacial score (nSPS) is 16.7. The maximum Gasteiger partial charge on any atom is 0.248 e. The first kappa shape index (κ1) is 17.6. The van der Waals surface area contributed by atoms with E-state index in [1.807, 2.05) is 30.3 Å². The molecule has 0 radical (unpaired) electrons. The molecule has 1 aromatic heterocycles. The van der Waals surface area contributed by atoms with Crippen molar-refractivity contribution in [3.8, 4) is 0 Å². The third kappa shape index (κ3) is 4.64. The highest BCUT2D eigenvalue weighted by Crippen LogP contribution is 2.20. The van der Waals surface area contributed by atoms with Crippen LogP contribution in [-0.4, -0.2) is 52.7 Å². The molecule has 0 atom stereocenters. The van der Waals surface area contributed by atoms with Gasteiger partial charge in [0.1, 0.15) is 6.33 Å². The fraction of sp³-hybridized carbons (Fsp3) is 0.438. The fourth-order valence-electron chi connectivity index (χ4n) is 2.86. The molecule has 2 aromatic rings. The van der Waals surface area contributed by atoms with Crippen LogP contribution in [0.4, 0.5) is 5.95 Å². The highest BCUT2D eigenvalue weighted by molar-refractivity contribution is 7.88. The zero-order valence-electron chi connectivity index (χ0n) is 14.0.